The molecule has 0 aliphatic heterocycles. The first-order valence-corrected chi connectivity index (χ1v) is 8.34. The number of hydrogen-bond donors (Lipinski definition) is 2. The summed E-state index contributed by atoms with van der Waals surface area (Å²) in [4.78, 5) is 26.4. The van der Waals surface area contributed by atoms with Gasteiger partial charge in [0.2, 0.25) is 0 Å². The van der Waals surface area contributed by atoms with E-state index in [4.69, 9.17) is 5.26 Å². The van der Waals surface area contributed by atoms with Crippen molar-refractivity contribution < 1.29 is 9.59 Å². The number of nitrogens with one attached hydrogen (secondary N) is 2. The Morgan fingerprint density at radius 1 is 1.04 bits per heavy atom. The van der Waals surface area contributed by atoms with Gasteiger partial charge in [-0.15, -0.1) is 0 Å². The maximum atomic E-state index is 12.3. The van der Waals surface area contributed by atoms with Gasteiger partial charge in [-0.1, -0.05) is 6.07 Å². The number of amides is 2. The predicted octanol–water partition coefficient (Wildman–Crippen LogP) is 2.49. The van der Waals surface area contributed by atoms with Crippen molar-refractivity contribution in [2.24, 2.45) is 0 Å². The average molecular weight is 350 g/mol. The van der Waals surface area contributed by atoms with Gasteiger partial charge in [-0.3, -0.25) is 9.59 Å². The van der Waals surface area contributed by atoms with Crippen LogP contribution in [0.3, 0.4) is 0 Å². The number of nitriles is 1. The lowest BCUT2D eigenvalue weighted by molar-refractivity contribution is 0.0950. The number of nitrogens with zero attached hydrogens (tertiary/aromatic N) is 2. The Bertz CT molecular complexity index is 807. The molecule has 2 aromatic carbocycles. The summed E-state index contributed by atoms with van der Waals surface area (Å²) in [5.41, 5.74) is 1.98. The number of carbonyl (C=O) groups excluding carboxylic acids is 2. The minimum Gasteiger partial charge on any atom is -0.352 e. The van der Waals surface area contributed by atoms with E-state index in [-0.39, 0.29) is 11.8 Å². The molecule has 0 spiro atoms. The lowest BCUT2D eigenvalue weighted by atomic mass is 10.1. The molecule has 134 valence electrons. The molecule has 0 saturated carbocycles. The Morgan fingerprint density at radius 2 is 1.69 bits per heavy atom. The van der Waals surface area contributed by atoms with Gasteiger partial charge in [-0.2, -0.15) is 5.26 Å². The summed E-state index contributed by atoms with van der Waals surface area (Å²) in [5.74, 6) is -0.449. The molecule has 0 aromatic heterocycles. The quantitative estimate of drug-likeness (QED) is 0.751. The van der Waals surface area contributed by atoms with E-state index in [0.29, 0.717) is 28.9 Å². The van der Waals surface area contributed by atoms with Crippen LogP contribution in [-0.4, -0.2) is 43.9 Å². The van der Waals surface area contributed by atoms with Crippen LogP contribution in [0, 0.1) is 11.3 Å². The van der Waals surface area contributed by atoms with Crippen LogP contribution in [0.4, 0.5) is 5.69 Å². The van der Waals surface area contributed by atoms with Crippen LogP contribution in [0.5, 0.6) is 0 Å². The fourth-order valence-corrected chi connectivity index (χ4v) is 2.34. The second-order valence-corrected chi connectivity index (χ2v) is 6.14. The highest BCUT2D eigenvalue weighted by Crippen LogP contribution is 2.12. The fraction of sp³-hybridized carbons (Fsp3) is 0.250. The van der Waals surface area contributed by atoms with Crippen LogP contribution < -0.4 is 10.6 Å². The van der Waals surface area contributed by atoms with Crippen molar-refractivity contribution in [1.82, 2.24) is 10.2 Å². The van der Waals surface area contributed by atoms with E-state index in [1.165, 1.54) is 0 Å². The Balaban J connectivity index is 1.92. The molecule has 0 heterocycles. The number of hydrogen-bond acceptors (Lipinski definition) is 4. The van der Waals surface area contributed by atoms with E-state index in [1.54, 1.807) is 48.5 Å². The molecular formula is C20H22N4O2. The van der Waals surface area contributed by atoms with Crippen LogP contribution in [0.15, 0.2) is 48.5 Å². The minimum absolute atomic E-state index is 0.155. The van der Waals surface area contributed by atoms with Crippen molar-refractivity contribution in [2.75, 3.05) is 32.5 Å². The van der Waals surface area contributed by atoms with E-state index < -0.39 is 0 Å². The molecule has 0 aliphatic carbocycles. The monoisotopic (exact) mass is 350 g/mol. The molecule has 6 heteroatoms. The predicted molar refractivity (Wildman–Crippen MR) is 101 cm³/mol. The molecule has 6 nitrogen and oxygen atoms in total. The second-order valence-electron chi connectivity index (χ2n) is 6.14. The summed E-state index contributed by atoms with van der Waals surface area (Å²) in [6.45, 7) is 1.51. The van der Waals surface area contributed by atoms with Crippen molar-refractivity contribution in [3.05, 3.63) is 65.2 Å². The van der Waals surface area contributed by atoms with Gasteiger partial charge >= 0.3 is 0 Å². The molecule has 0 atom stereocenters. The first kappa shape index (κ1) is 19.2. The third-order valence-corrected chi connectivity index (χ3v) is 3.73. The largest absolute Gasteiger partial charge is 0.352 e. The maximum Gasteiger partial charge on any atom is 0.255 e. The SMILES string of the molecule is CN(C)CCCNC(=O)c1ccc(C(=O)Nc2cccc(C#N)c2)cc1. The van der Waals surface area contributed by atoms with Crippen LogP contribution >= 0.6 is 0 Å². The Morgan fingerprint density at radius 3 is 2.31 bits per heavy atom. The van der Waals surface area contributed by atoms with E-state index in [9.17, 15) is 9.59 Å². The summed E-state index contributed by atoms with van der Waals surface area (Å²) in [6, 6.07) is 15.2. The van der Waals surface area contributed by atoms with Gasteiger partial charge < -0.3 is 15.5 Å². The van der Waals surface area contributed by atoms with Crippen LogP contribution in [0.25, 0.3) is 0 Å². The lowest BCUT2D eigenvalue weighted by Gasteiger charge is -2.10. The molecule has 0 bridgehead atoms. The number of benzene rings is 2. The Hall–Kier alpha value is -3.17. The van der Waals surface area contributed by atoms with Gasteiger partial charge in [0.1, 0.15) is 0 Å². The van der Waals surface area contributed by atoms with Crippen molar-refractivity contribution in [3.8, 4) is 6.07 Å². The zero-order chi connectivity index (χ0) is 18.9. The number of anilines is 1. The third-order valence-electron chi connectivity index (χ3n) is 3.73. The van der Waals surface area contributed by atoms with Gasteiger partial charge in [0.15, 0.2) is 0 Å². The molecule has 2 amide bonds. The van der Waals surface area contributed by atoms with Gasteiger partial charge in [-0.25, -0.2) is 0 Å². The van der Waals surface area contributed by atoms with Gasteiger partial charge in [0.25, 0.3) is 11.8 Å². The molecule has 0 unspecified atom stereocenters. The highest BCUT2D eigenvalue weighted by atomic mass is 16.2. The Kier molecular flexibility index (Phi) is 6.89. The average Bonchev–Trinajstić information content (AvgIpc) is 2.65. The van der Waals surface area contributed by atoms with E-state index in [2.05, 4.69) is 15.5 Å². The summed E-state index contributed by atoms with van der Waals surface area (Å²) in [5, 5.41) is 14.5. The van der Waals surface area contributed by atoms with Crippen LogP contribution in [-0.2, 0) is 0 Å². The smallest absolute Gasteiger partial charge is 0.255 e. The summed E-state index contributed by atoms with van der Waals surface area (Å²) < 4.78 is 0. The highest BCUT2D eigenvalue weighted by molar-refractivity contribution is 6.05. The zero-order valence-electron chi connectivity index (χ0n) is 15.0. The lowest BCUT2D eigenvalue weighted by Crippen LogP contribution is -2.27. The molecule has 2 N–H and O–H groups in total. The first-order chi connectivity index (χ1) is 12.5. The third kappa shape index (κ3) is 5.72. The molecule has 0 fully saturated rings. The second kappa shape index (κ2) is 9.35. The number of rotatable bonds is 7. The maximum absolute atomic E-state index is 12.3. The molecule has 26 heavy (non-hydrogen) atoms. The molecule has 0 radical (unpaired) electrons. The van der Waals surface area contributed by atoms with Crippen molar-refractivity contribution >= 4 is 17.5 Å². The summed E-state index contributed by atoms with van der Waals surface area (Å²) >= 11 is 0. The summed E-state index contributed by atoms with van der Waals surface area (Å²) in [6.07, 6.45) is 0.876. The number of carbonyl (C=O) groups is 2. The van der Waals surface area contributed by atoms with Gasteiger partial charge in [-0.05, 0) is 69.5 Å². The zero-order valence-corrected chi connectivity index (χ0v) is 15.0. The standard InChI is InChI=1S/C20H22N4O2/c1-24(2)12-4-11-22-19(25)16-7-9-17(10-8-16)20(26)23-18-6-3-5-15(13-18)14-21/h3,5-10,13H,4,11-12H2,1-2H3,(H,22,25)(H,23,26). The van der Waals surface area contributed by atoms with Gasteiger partial charge in [0, 0.05) is 23.4 Å². The molecule has 2 aromatic rings. The van der Waals surface area contributed by atoms with Crippen LogP contribution in [0.2, 0.25) is 0 Å². The molecule has 0 aliphatic rings. The topological polar surface area (TPSA) is 85.2 Å². The molecule has 0 saturated heterocycles. The molecule has 2 rings (SSSR count). The van der Waals surface area contributed by atoms with E-state index >= 15 is 0 Å². The van der Waals surface area contributed by atoms with Crippen molar-refractivity contribution in [2.45, 2.75) is 6.42 Å². The molecular weight excluding hydrogens is 328 g/mol. The normalized spacial score (nSPS) is 10.2. The van der Waals surface area contributed by atoms with E-state index in [0.717, 1.165) is 13.0 Å². The fourth-order valence-electron chi connectivity index (χ4n) is 2.34. The van der Waals surface area contributed by atoms with E-state index in [1.807, 2.05) is 20.2 Å². The van der Waals surface area contributed by atoms with Crippen molar-refractivity contribution in [1.29, 1.82) is 5.26 Å². The Labute approximate surface area is 153 Å². The highest BCUT2D eigenvalue weighted by Gasteiger charge is 2.09. The first-order valence-electron chi connectivity index (χ1n) is 8.34. The minimum atomic E-state index is -0.293. The van der Waals surface area contributed by atoms with Gasteiger partial charge in [0.05, 0.1) is 11.6 Å². The van der Waals surface area contributed by atoms with Crippen LogP contribution in [0.1, 0.15) is 32.7 Å². The van der Waals surface area contributed by atoms with Crippen molar-refractivity contribution in [3.63, 3.8) is 0 Å². The summed E-state index contributed by atoms with van der Waals surface area (Å²) in [7, 11) is 3.98.